The molecule has 6 heteroatoms. The molecule has 4 nitrogen and oxygen atoms in total. The lowest BCUT2D eigenvalue weighted by Gasteiger charge is -2.35. The van der Waals surface area contributed by atoms with Gasteiger partial charge < -0.3 is 18.6 Å². The Hall–Kier alpha value is -10.8. The average molecular weight is 1060 g/mol. The minimum absolute atomic E-state index is 0.0758. The molecule has 0 amide bonds. The molecule has 84 heavy (non-hydrogen) atoms. The molecule has 0 atom stereocenters. The number of nitrogens with zero attached hydrogens (tertiary/aromatic N) is 2. The number of rotatable bonds is 6. The molecule has 4 aliphatic rings. The van der Waals surface area contributed by atoms with E-state index in [4.69, 9.17) is 9.47 Å². The second-order valence-electron chi connectivity index (χ2n) is 23.0. The van der Waals surface area contributed by atoms with Crippen molar-refractivity contribution in [3.8, 4) is 101 Å². The second-order valence-corrected chi connectivity index (χ2v) is 23.0. The molecule has 0 fully saturated rings. The van der Waals surface area contributed by atoms with Crippen molar-refractivity contribution in [1.29, 1.82) is 0 Å². The molecule has 13 aromatic carbocycles. The van der Waals surface area contributed by atoms with E-state index in [0.717, 1.165) is 84.4 Å². The van der Waals surface area contributed by atoms with Gasteiger partial charge in [-0.05, 0) is 149 Å². The maximum Gasteiger partial charge on any atom is 0.256 e. The zero-order valence-corrected chi connectivity index (χ0v) is 45.4. The molecular weight excluding hydrogens is 1020 g/mol. The first-order valence-corrected chi connectivity index (χ1v) is 29.1. The molecule has 0 spiro atoms. The van der Waals surface area contributed by atoms with Gasteiger partial charge in [-0.15, -0.1) is 0 Å². The van der Waals surface area contributed by atoms with E-state index in [9.17, 15) is 0 Å². The maximum absolute atomic E-state index is 7.65. The standard InChI is InChI=1S/C78H46B2N2O2/c1-5-19-47(20-6-1)51-36-38-71-65(41-51)79-63-32-18-31-60-62-39-52(35-37-68(62)82(77(60)63)70-44-55(46-72(83-71)74(70)79)57-28-14-13-27-56(57)50-25-11-4-12-26-50)61-40-53(48-21-7-2-8-22-48)42-66-78(61)84-73-45-54(49-23-9-3-10-24-49)43-69-75(73)80(66)64-33-17-30-59-58-29-15-16-34-67(58)81(69)76(59)64/h1-46H. The van der Waals surface area contributed by atoms with Crippen LogP contribution in [0.5, 0.6) is 23.0 Å². The fourth-order valence-corrected chi connectivity index (χ4v) is 15.0. The van der Waals surface area contributed by atoms with E-state index in [1.54, 1.807) is 0 Å². The van der Waals surface area contributed by atoms with Gasteiger partial charge in [0.15, 0.2) is 0 Å². The van der Waals surface area contributed by atoms with Gasteiger partial charge in [-0.25, -0.2) is 0 Å². The van der Waals surface area contributed by atoms with E-state index < -0.39 is 0 Å². The number of hydrogen-bond acceptors (Lipinski definition) is 2. The predicted molar refractivity (Wildman–Crippen MR) is 350 cm³/mol. The van der Waals surface area contributed by atoms with Crippen LogP contribution in [0.2, 0.25) is 0 Å². The van der Waals surface area contributed by atoms with Crippen molar-refractivity contribution in [2.75, 3.05) is 0 Å². The highest BCUT2D eigenvalue weighted by Gasteiger charge is 2.44. The molecule has 0 saturated carbocycles. The molecule has 0 N–H and O–H groups in total. The largest absolute Gasteiger partial charge is 0.458 e. The number of benzene rings is 13. The highest BCUT2D eigenvalue weighted by Crippen LogP contribution is 2.47. The fourth-order valence-electron chi connectivity index (χ4n) is 15.0. The molecule has 19 rings (SSSR count). The van der Waals surface area contributed by atoms with Gasteiger partial charge in [-0.2, -0.15) is 0 Å². The van der Waals surface area contributed by atoms with Crippen molar-refractivity contribution in [2.24, 2.45) is 0 Å². The Kier molecular flexibility index (Phi) is 9.48. The molecule has 0 aliphatic carbocycles. The lowest BCUT2D eigenvalue weighted by molar-refractivity contribution is 0.487. The number of ether oxygens (including phenoxy) is 2. The van der Waals surface area contributed by atoms with Gasteiger partial charge in [0.25, 0.3) is 13.4 Å². The summed E-state index contributed by atoms with van der Waals surface area (Å²) >= 11 is 0. The summed E-state index contributed by atoms with van der Waals surface area (Å²) in [5.74, 6) is 3.55. The summed E-state index contributed by atoms with van der Waals surface area (Å²) in [4.78, 5) is 0. The maximum atomic E-state index is 7.65. The molecule has 4 aliphatic heterocycles. The molecule has 0 radical (unpaired) electrons. The third-order valence-corrected chi connectivity index (χ3v) is 18.6. The zero-order valence-electron chi connectivity index (χ0n) is 45.4. The van der Waals surface area contributed by atoms with E-state index in [-0.39, 0.29) is 13.4 Å². The first-order chi connectivity index (χ1) is 41.7. The normalized spacial score (nSPS) is 12.9. The Morgan fingerprint density at radius 3 is 1.42 bits per heavy atom. The summed E-state index contributed by atoms with van der Waals surface area (Å²) in [5, 5.41) is 4.90. The van der Waals surface area contributed by atoms with Crippen molar-refractivity contribution in [1.82, 2.24) is 9.13 Å². The Labute approximate surface area is 485 Å². The van der Waals surface area contributed by atoms with Crippen LogP contribution in [0.3, 0.4) is 0 Å². The molecule has 386 valence electrons. The first kappa shape index (κ1) is 45.9. The lowest BCUT2D eigenvalue weighted by Crippen LogP contribution is -2.58. The highest BCUT2D eigenvalue weighted by molar-refractivity contribution is 7.00. The van der Waals surface area contributed by atoms with Crippen molar-refractivity contribution >= 4 is 89.8 Å². The Bertz CT molecular complexity index is 5320. The van der Waals surface area contributed by atoms with E-state index >= 15 is 0 Å². The monoisotopic (exact) mass is 1060 g/mol. The van der Waals surface area contributed by atoms with Gasteiger partial charge in [0.1, 0.15) is 23.0 Å². The van der Waals surface area contributed by atoms with Crippen molar-refractivity contribution in [3.05, 3.63) is 279 Å². The van der Waals surface area contributed by atoms with Gasteiger partial charge in [0.05, 0.1) is 11.0 Å². The van der Waals surface area contributed by atoms with Crippen LogP contribution in [-0.4, -0.2) is 22.6 Å². The van der Waals surface area contributed by atoms with Gasteiger partial charge >= 0.3 is 0 Å². The summed E-state index contributed by atoms with van der Waals surface area (Å²) in [5.41, 5.74) is 28.1. The van der Waals surface area contributed by atoms with Gasteiger partial charge in [0, 0.05) is 49.5 Å². The smallest absolute Gasteiger partial charge is 0.256 e. The van der Waals surface area contributed by atoms with Crippen LogP contribution in [0.25, 0.3) is 122 Å². The first-order valence-electron chi connectivity index (χ1n) is 29.1. The molecule has 0 saturated heterocycles. The van der Waals surface area contributed by atoms with E-state index in [1.165, 1.54) is 93.1 Å². The summed E-state index contributed by atoms with van der Waals surface area (Å²) in [6, 6.07) is 103. The second kappa shape index (κ2) is 17.4. The lowest BCUT2D eigenvalue weighted by atomic mass is 9.34. The molecule has 6 heterocycles. The Morgan fingerprint density at radius 2 is 0.738 bits per heavy atom. The third-order valence-electron chi connectivity index (χ3n) is 18.6. The van der Waals surface area contributed by atoms with Crippen LogP contribution < -0.4 is 42.3 Å². The quantitative estimate of drug-likeness (QED) is 0.155. The minimum Gasteiger partial charge on any atom is -0.458 e. The third kappa shape index (κ3) is 6.45. The molecule has 0 unspecified atom stereocenters. The molecule has 15 aromatic rings. The summed E-state index contributed by atoms with van der Waals surface area (Å²) < 4.78 is 19.9. The van der Waals surface area contributed by atoms with Crippen LogP contribution in [0.4, 0.5) is 0 Å². The van der Waals surface area contributed by atoms with Crippen molar-refractivity contribution in [3.63, 3.8) is 0 Å². The van der Waals surface area contributed by atoms with Crippen LogP contribution >= 0.6 is 0 Å². The average Bonchev–Trinajstić information content (AvgIpc) is 2.09. The van der Waals surface area contributed by atoms with Gasteiger partial charge in [-0.3, -0.25) is 0 Å². The predicted octanol–water partition coefficient (Wildman–Crippen LogP) is 15.8. The van der Waals surface area contributed by atoms with Crippen molar-refractivity contribution in [2.45, 2.75) is 0 Å². The van der Waals surface area contributed by atoms with Crippen LogP contribution in [0, 0.1) is 0 Å². The number of aromatic nitrogens is 2. The van der Waals surface area contributed by atoms with Crippen LogP contribution in [0.1, 0.15) is 0 Å². The number of fused-ring (bicyclic) bond motifs is 14. The topological polar surface area (TPSA) is 28.3 Å². The summed E-state index contributed by atoms with van der Waals surface area (Å²) in [6.07, 6.45) is 0. The minimum atomic E-state index is -0.0976. The molecular formula is C78H46B2N2O2. The summed E-state index contributed by atoms with van der Waals surface area (Å²) in [6.45, 7) is -0.173. The van der Waals surface area contributed by atoms with Crippen LogP contribution in [0.15, 0.2) is 279 Å². The SMILES string of the molecule is c1ccc(-c2ccc3c(c2)B2c4c(cc(-c5ccccc5-c5ccccc5)cc4-n4c5ccc(-c6cc(-c7ccccc7)cc7c6Oc6cc(-c8ccccc8)cc8c6B7c6cccc7c9ccccc9n-8c67)cc5c5cccc2c54)O3)cc1. The van der Waals surface area contributed by atoms with Gasteiger partial charge in [-0.1, -0.05) is 224 Å². The van der Waals surface area contributed by atoms with Crippen LogP contribution in [-0.2, 0) is 0 Å². The van der Waals surface area contributed by atoms with E-state index in [2.05, 4.69) is 288 Å². The van der Waals surface area contributed by atoms with Crippen molar-refractivity contribution < 1.29 is 9.47 Å². The van der Waals surface area contributed by atoms with E-state index in [0.29, 0.717) is 0 Å². The molecule has 2 aromatic heterocycles. The fraction of sp³-hybridized carbons (Fsp3) is 0. The number of hydrogen-bond donors (Lipinski definition) is 0. The Morgan fingerprint density at radius 1 is 0.250 bits per heavy atom. The van der Waals surface area contributed by atoms with E-state index in [1.807, 2.05) is 0 Å². The number of para-hydroxylation sites is 3. The summed E-state index contributed by atoms with van der Waals surface area (Å²) in [7, 11) is 0. The zero-order chi connectivity index (χ0) is 54.7. The Balaban J connectivity index is 0.869. The van der Waals surface area contributed by atoms with Gasteiger partial charge in [0.2, 0.25) is 0 Å². The molecule has 0 bridgehead atoms. The highest BCUT2D eigenvalue weighted by atomic mass is 16.5.